The molecule has 0 amide bonds. The van der Waals surface area contributed by atoms with Crippen LogP contribution in [0.2, 0.25) is 0 Å². The lowest BCUT2D eigenvalue weighted by molar-refractivity contribution is -0.142. The van der Waals surface area contributed by atoms with Gasteiger partial charge in [-0.2, -0.15) is 0 Å². The third-order valence-electron chi connectivity index (χ3n) is 1.67. The fourth-order valence-electron chi connectivity index (χ4n) is 1.06. The van der Waals surface area contributed by atoms with E-state index in [1.54, 1.807) is 19.1 Å². The fraction of sp³-hybridized carbons (Fsp3) is 0.500. The van der Waals surface area contributed by atoms with Crippen LogP contribution >= 0.6 is 0 Å². The van der Waals surface area contributed by atoms with Gasteiger partial charge in [-0.1, -0.05) is 12.2 Å². The van der Waals surface area contributed by atoms with Crippen LogP contribution in [0.15, 0.2) is 23.8 Å². The highest BCUT2D eigenvalue weighted by Crippen LogP contribution is 2.05. The molecule has 0 radical (unpaired) electrons. The van der Waals surface area contributed by atoms with Gasteiger partial charge < -0.3 is 9.47 Å². The summed E-state index contributed by atoms with van der Waals surface area (Å²) in [4.78, 5) is 21.8. The van der Waals surface area contributed by atoms with Crippen LogP contribution in [-0.2, 0) is 19.1 Å². The average Bonchev–Trinajstić information content (AvgIpc) is 2.17. The van der Waals surface area contributed by atoms with Gasteiger partial charge in [-0.15, -0.1) is 0 Å². The number of esters is 2. The largest absolute Gasteiger partial charge is 0.466 e. The van der Waals surface area contributed by atoms with Gasteiger partial charge in [0.2, 0.25) is 0 Å². The van der Waals surface area contributed by atoms with E-state index in [1.165, 1.54) is 6.92 Å². The molecule has 0 aromatic carbocycles. The van der Waals surface area contributed by atoms with E-state index >= 15 is 0 Å². The molecule has 0 saturated carbocycles. The molecule has 0 atom stereocenters. The van der Waals surface area contributed by atoms with Crippen LogP contribution in [0.3, 0.4) is 0 Å². The Morgan fingerprint density at radius 3 is 2.44 bits per heavy atom. The summed E-state index contributed by atoms with van der Waals surface area (Å²) in [6.45, 7) is 5.50. The van der Waals surface area contributed by atoms with Crippen molar-refractivity contribution < 1.29 is 19.1 Å². The summed E-state index contributed by atoms with van der Waals surface area (Å²) in [7, 11) is 0. The van der Waals surface area contributed by atoms with Crippen LogP contribution < -0.4 is 0 Å². The van der Waals surface area contributed by atoms with Crippen LogP contribution in [0.25, 0.3) is 0 Å². The lowest BCUT2D eigenvalue weighted by Gasteiger charge is -2.03. The molecular formula is C12H18O4. The second-order valence-corrected chi connectivity index (χ2v) is 3.06. The normalized spacial score (nSPS) is 11.6. The van der Waals surface area contributed by atoms with E-state index < -0.39 is 0 Å². The highest BCUT2D eigenvalue weighted by Gasteiger charge is 2.04. The van der Waals surface area contributed by atoms with Crippen molar-refractivity contribution in [2.24, 2.45) is 0 Å². The average molecular weight is 226 g/mol. The van der Waals surface area contributed by atoms with Crippen molar-refractivity contribution in [1.29, 1.82) is 0 Å². The molecule has 0 bridgehead atoms. The number of hydrogen-bond acceptors (Lipinski definition) is 4. The highest BCUT2D eigenvalue weighted by molar-refractivity contribution is 5.73. The first-order valence-electron chi connectivity index (χ1n) is 5.20. The molecule has 16 heavy (non-hydrogen) atoms. The second-order valence-electron chi connectivity index (χ2n) is 3.06. The Balaban J connectivity index is 4.25. The molecule has 0 unspecified atom stereocenters. The molecule has 0 N–H and O–H groups in total. The summed E-state index contributed by atoms with van der Waals surface area (Å²) in [5.74, 6) is -0.623. The van der Waals surface area contributed by atoms with Crippen LogP contribution in [0.1, 0.15) is 27.2 Å². The van der Waals surface area contributed by atoms with Crippen molar-refractivity contribution in [3.63, 3.8) is 0 Å². The third-order valence-corrected chi connectivity index (χ3v) is 1.67. The Morgan fingerprint density at radius 2 is 1.94 bits per heavy atom. The first-order chi connectivity index (χ1) is 7.60. The SMILES string of the molecule is C/C=C/C(=C/COC(C)=O)CC(=O)OCC. The molecule has 0 aromatic heterocycles. The summed E-state index contributed by atoms with van der Waals surface area (Å²) in [5, 5.41) is 0. The maximum atomic E-state index is 11.2. The van der Waals surface area contributed by atoms with Gasteiger partial charge in [-0.05, 0) is 25.5 Å². The molecular weight excluding hydrogens is 208 g/mol. The van der Waals surface area contributed by atoms with E-state index in [1.807, 2.05) is 13.0 Å². The maximum absolute atomic E-state index is 11.2. The number of allylic oxidation sites excluding steroid dienone is 2. The standard InChI is InChI=1S/C12H18O4/c1-4-6-11(7-8-16-10(3)13)9-12(14)15-5-2/h4,6-7H,5,8-9H2,1-3H3/b6-4+,11-7-. The van der Waals surface area contributed by atoms with Crippen molar-refractivity contribution in [3.05, 3.63) is 23.8 Å². The predicted octanol–water partition coefficient (Wildman–Crippen LogP) is 2.01. The van der Waals surface area contributed by atoms with Crippen LogP contribution in [0.4, 0.5) is 0 Å². The molecule has 4 heteroatoms. The molecule has 0 aliphatic heterocycles. The minimum absolute atomic E-state index is 0.175. The zero-order valence-electron chi connectivity index (χ0n) is 9.99. The second kappa shape index (κ2) is 8.71. The molecule has 4 nitrogen and oxygen atoms in total. The van der Waals surface area contributed by atoms with E-state index in [0.717, 1.165) is 5.57 Å². The number of rotatable bonds is 6. The van der Waals surface area contributed by atoms with Gasteiger partial charge in [0, 0.05) is 6.92 Å². The van der Waals surface area contributed by atoms with E-state index in [-0.39, 0.29) is 25.0 Å². The number of ether oxygens (including phenoxy) is 2. The molecule has 0 saturated heterocycles. The minimum Gasteiger partial charge on any atom is -0.466 e. The van der Waals surface area contributed by atoms with Crippen molar-refractivity contribution >= 4 is 11.9 Å². The Morgan fingerprint density at radius 1 is 1.25 bits per heavy atom. The predicted molar refractivity (Wildman–Crippen MR) is 60.8 cm³/mol. The van der Waals surface area contributed by atoms with Crippen LogP contribution in [0.5, 0.6) is 0 Å². The number of carbonyl (C=O) groups is 2. The van der Waals surface area contributed by atoms with Gasteiger partial charge in [0.1, 0.15) is 6.61 Å². The van der Waals surface area contributed by atoms with E-state index in [9.17, 15) is 9.59 Å². The maximum Gasteiger partial charge on any atom is 0.310 e. The van der Waals surface area contributed by atoms with Crippen LogP contribution in [-0.4, -0.2) is 25.2 Å². The van der Waals surface area contributed by atoms with Crippen molar-refractivity contribution in [3.8, 4) is 0 Å². The topological polar surface area (TPSA) is 52.6 Å². The Kier molecular flexibility index (Phi) is 7.85. The summed E-state index contributed by atoms with van der Waals surface area (Å²) >= 11 is 0. The molecule has 0 aliphatic carbocycles. The Bertz CT molecular complexity index is 289. The number of hydrogen-bond donors (Lipinski definition) is 0. The van der Waals surface area contributed by atoms with Gasteiger partial charge in [-0.3, -0.25) is 9.59 Å². The highest BCUT2D eigenvalue weighted by atomic mass is 16.5. The molecule has 0 spiro atoms. The van der Waals surface area contributed by atoms with Crippen molar-refractivity contribution in [2.75, 3.05) is 13.2 Å². The summed E-state index contributed by atoms with van der Waals surface area (Å²) in [6.07, 6.45) is 5.50. The third kappa shape index (κ3) is 7.79. The van der Waals surface area contributed by atoms with Gasteiger partial charge >= 0.3 is 11.9 Å². The molecule has 0 rings (SSSR count). The molecule has 0 fully saturated rings. The summed E-state index contributed by atoms with van der Waals surface area (Å²) in [6, 6.07) is 0. The summed E-state index contributed by atoms with van der Waals surface area (Å²) < 4.78 is 9.58. The lowest BCUT2D eigenvalue weighted by atomic mass is 10.1. The van der Waals surface area contributed by atoms with Gasteiger partial charge in [0.15, 0.2) is 0 Å². The zero-order valence-corrected chi connectivity index (χ0v) is 9.99. The number of carbonyl (C=O) groups excluding carboxylic acids is 2. The quantitative estimate of drug-likeness (QED) is 0.513. The summed E-state index contributed by atoms with van der Waals surface area (Å²) in [5.41, 5.74) is 0.780. The molecule has 0 heterocycles. The monoisotopic (exact) mass is 226 g/mol. The van der Waals surface area contributed by atoms with Crippen LogP contribution in [0, 0.1) is 0 Å². The molecule has 0 aromatic rings. The van der Waals surface area contributed by atoms with E-state index in [4.69, 9.17) is 9.47 Å². The molecule has 90 valence electrons. The Labute approximate surface area is 95.9 Å². The van der Waals surface area contributed by atoms with Crippen molar-refractivity contribution in [1.82, 2.24) is 0 Å². The zero-order chi connectivity index (χ0) is 12.4. The first kappa shape index (κ1) is 14.4. The lowest BCUT2D eigenvalue weighted by Crippen LogP contribution is -2.05. The van der Waals surface area contributed by atoms with Crippen molar-refractivity contribution in [2.45, 2.75) is 27.2 Å². The first-order valence-corrected chi connectivity index (χ1v) is 5.20. The Hall–Kier alpha value is -1.58. The smallest absolute Gasteiger partial charge is 0.310 e. The van der Waals surface area contributed by atoms with Gasteiger partial charge in [0.05, 0.1) is 13.0 Å². The van der Waals surface area contributed by atoms with Gasteiger partial charge in [-0.25, -0.2) is 0 Å². The van der Waals surface area contributed by atoms with Gasteiger partial charge in [0.25, 0.3) is 0 Å². The van der Waals surface area contributed by atoms with E-state index in [2.05, 4.69) is 0 Å². The molecule has 0 aliphatic rings. The fourth-order valence-corrected chi connectivity index (χ4v) is 1.06. The van der Waals surface area contributed by atoms with E-state index in [0.29, 0.717) is 6.61 Å². The minimum atomic E-state index is -0.341.